The van der Waals surface area contributed by atoms with Crippen LogP contribution < -0.4 is 0 Å². The van der Waals surface area contributed by atoms with Crippen molar-refractivity contribution in [1.82, 2.24) is 23.8 Å². The molecule has 3 aromatic heterocycles. The van der Waals surface area contributed by atoms with Crippen molar-refractivity contribution in [2.45, 2.75) is 0 Å². The molecule has 5 nitrogen and oxygen atoms in total. The van der Waals surface area contributed by atoms with E-state index in [0.717, 1.165) is 44.7 Å². The average Bonchev–Trinajstić information content (AvgIpc) is 3.16. The van der Waals surface area contributed by atoms with Crippen LogP contribution >= 0.6 is 0 Å². The van der Waals surface area contributed by atoms with Gasteiger partial charge in [-0.15, -0.1) is 0 Å². The molecule has 6 rings (SSSR count). The second kappa shape index (κ2) is 4.48. The topological polar surface area (TPSA) is 50.4 Å². The number of nitrogens with zero attached hydrogens (tertiary/aromatic N) is 4. The van der Waals surface area contributed by atoms with Crippen molar-refractivity contribution in [2.24, 2.45) is 0 Å². The van der Waals surface area contributed by atoms with E-state index < -0.39 is 0 Å². The predicted octanol–water partition coefficient (Wildman–Crippen LogP) is 4.33. The van der Waals surface area contributed by atoms with Crippen LogP contribution in [0, 0.1) is 0 Å². The molecule has 0 atom stereocenters. The molecule has 0 saturated heterocycles. The summed E-state index contributed by atoms with van der Waals surface area (Å²) in [6.07, 6.45) is 0. The molecular formula is C20H13N5. The molecule has 6 aromatic rings. The molecular weight excluding hydrogens is 310 g/mol. The summed E-state index contributed by atoms with van der Waals surface area (Å²) in [6, 6.07) is 24.7. The fraction of sp³-hybridized carbons (Fsp3) is 0. The normalized spacial score (nSPS) is 12.0. The van der Waals surface area contributed by atoms with Gasteiger partial charge in [0.25, 0.3) is 0 Å². The number of fused-ring (bicyclic) bond motifs is 9. The van der Waals surface area contributed by atoms with Gasteiger partial charge in [0.15, 0.2) is 0 Å². The summed E-state index contributed by atoms with van der Waals surface area (Å²) in [7, 11) is 0. The standard InChI is InChI=1S/C20H13N5/c1-3-9-15-13(7-1)21-19-23-20-22-14-8-2-4-10-16(14)25(20)18-12-6-5-11-17(18)24(15)19/h1-12H,(H,21,22,23). The van der Waals surface area contributed by atoms with Gasteiger partial charge in [0, 0.05) is 0 Å². The van der Waals surface area contributed by atoms with E-state index >= 15 is 0 Å². The first-order chi connectivity index (χ1) is 12.4. The zero-order valence-corrected chi connectivity index (χ0v) is 13.2. The van der Waals surface area contributed by atoms with E-state index in [9.17, 15) is 0 Å². The SMILES string of the molecule is c1ccc2c(c1)nc1[nH]c3nc4ccccc4n3c3ccccc3n12. The smallest absolute Gasteiger partial charge is 0.215 e. The van der Waals surface area contributed by atoms with Gasteiger partial charge in [-0.3, -0.25) is 13.8 Å². The highest BCUT2D eigenvalue weighted by molar-refractivity contribution is 5.91. The molecule has 0 aliphatic carbocycles. The van der Waals surface area contributed by atoms with Crippen LogP contribution in [-0.2, 0) is 0 Å². The van der Waals surface area contributed by atoms with Crippen LogP contribution in [-0.4, -0.2) is 23.8 Å². The van der Waals surface area contributed by atoms with Gasteiger partial charge in [-0.1, -0.05) is 36.4 Å². The minimum atomic E-state index is 0.780. The first-order valence-electron chi connectivity index (χ1n) is 8.22. The zero-order chi connectivity index (χ0) is 16.4. The number of hydrogen-bond donors (Lipinski definition) is 1. The van der Waals surface area contributed by atoms with Gasteiger partial charge in [-0.2, -0.15) is 0 Å². The maximum Gasteiger partial charge on any atom is 0.215 e. The Kier molecular flexibility index (Phi) is 2.29. The van der Waals surface area contributed by atoms with E-state index in [-0.39, 0.29) is 0 Å². The van der Waals surface area contributed by atoms with E-state index in [2.05, 4.69) is 50.2 Å². The molecule has 0 bridgehead atoms. The summed E-state index contributed by atoms with van der Waals surface area (Å²) in [4.78, 5) is 13.0. The molecule has 118 valence electrons. The van der Waals surface area contributed by atoms with Crippen molar-refractivity contribution in [1.29, 1.82) is 0 Å². The van der Waals surface area contributed by atoms with Crippen molar-refractivity contribution in [2.75, 3.05) is 0 Å². The molecule has 3 heterocycles. The number of nitrogens with one attached hydrogen (secondary N) is 1. The highest BCUT2D eigenvalue weighted by Gasteiger charge is 2.12. The molecule has 0 amide bonds. The maximum atomic E-state index is 4.78. The largest absolute Gasteiger partial charge is 0.295 e. The molecule has 0 aliphatic rings. The Balaban J connectivity index is 2.03. The molecule has 25 heavy (non-hydrogen) atoms. The molecule has 0 spiro atoms. The van der Waals surface area contributed by atoms with Gasteiger partial charge in [0.1, 0.15) is 0 Å². The second-order valence-corrected chi connectivity index (χ2v) is 6.13. The van der Waals surface area contributed by atoms with Crippen molar-refractivity contribution in [3.63, 3.8) is 0 Å². The van der Waals surface area contributed by atoms with Crippen molar-refractivity contribution < 1.29 is 0 Å². The number of aromatic nitrogens is 5. The van der Waals surface area contributed by atoms with E-state index in [1.807, 2.05) is 36.4 Å². The van der Waals surface area contributed by atoms with Crippen LogP contribution in [0.2, 0.25) is 0 Å². The Bertz CT molecular complexity index is 1340. The maximum absolute atomic E-state index is 4.78. The molecule has 3 aromatic carbocycles. The summed E-state index contributed by atoms with van der Waals surface area (Å²) in [6.45, 7) is 0. The molecule has 5 heteroatoms. The number of benzene rings is 3. The Morgan fingerprint density at radius 2 is 0.920 bits per heavy atom. The lowest BCUT2D eigenvalue weighted by molar-refractivity contribution is 1.19. The minimum Gasteiger partial charge on any atom is -0.295 e. The first kappa shape index (κ1) is 12.8. The van der Waals surface area contributed by atoms with Gasteiger partial charge in [-0.25, -0.2) is 9.97 Å². The molecule has 0 aliphatic heterocycles. The number of rotatable bonds is 0. The van der Waals surface area contributed by atoms with E-state index in [0.29, 0.717) is 0 Å². The van der Waals surface area contributed by atoms with Crippen LogP contribution in [0.25, 0.3) is 44.7 Å². The second-order valence-electron chi connectivity index (χ2n) is 6.13. The molecule has 0 unspecified atom stereocenters. The average molecular weight is 323 g/mol. The van der Waals surface area contributed by atoms with Crippen LogP contribution in [0.3, 0.4) is 0 Å². The van der Waals surface area contributed by atoms with Crippen LogP contribution in [0.5, 0.6) is 0 Å². The number of aromatic amines is 1. The summed E-state index contributed by atoms with van der Waals surface area (Å²) in [5.41, 5.74) is 6.25. The van der Waals surface area contributed by atoms with Gasteiger partial charge in [0.05, 0.1) is 33.1 Å². The third-order valence-electron chi connectivity index (χ3n) is 4.71. The van der Waals surface area contributed by atoms with E-state index in [1.165, 1.54) is 0 Å². The molecule has 0 radical (unpaired) electrons. The number of H-pyrrole nitrogens is 1. The van der Waals surface area contributed by atoms with Crippen LogP contribution in [0.15, 0.2) is 72.8 Å². The van der Waals surface area contributed by atoms with Gasteiger partial charge in [-0.05, 0) is 36.4 Å². The Morgan fingerprint density at radius 3 is 1.40 bits per heavy atom. The zero-order valence-electron chi connectivity index (χ0n) is 13.2. The third-order valence-corrected chi connectivity index (χ3v) is 4.71. The summed E-state index contributed by atoms with van der Waals surface area (Å²) < 4.78 is 4.32. The van der Waals surface area contributed by atoms with Crippen molar-refractivity contribution in [3.8, 4) is 0 Å². The molecule has 1 N–H and O–H groups in total. The van der Waals surface area contributed by atoms with Crippen LogP contribution in [0.1, 0.15) is 0 Å². The quantitative estimate of drug-likeness (QED) is 0.452. The number of imidazole rings is 2. The lowest BCUT2D eigenvalue weighted by Gasteiger charge is -2.00. The van der Waals surface area contributed by atoms with E-state index in [4.69, 9.17) is 9.97 Å². The highest BCUT2D eigenvalue weighted by Crippen LogP contribution is 2.24. The van der Waals surface area contributed by atoms with Crippen LogP contribution in [0.4, 0.5) is 0 Å². The Hall–Kier alpha value is -3.60. The third kappa shape index (κ3) is 1.61. The summed E-state index contributed by atoms with van der Waals surface area (Å²) in [5, 5.41) is 0. The number of hydrogen-bond acceptors (Lipinski definition) is 2. The van der Waals surface area contributed by atoms with Crippen molar-refractivity contribution >= 4 is 44.7 Å². The van der Waals surface area contributed by atoms with Gasteiger partial charge in [0.2, 0.25) is 11.6 Å². The highest BCUT2D eigenvalue weighted by atomic mass is 15.2. The van der Waals surface area contributed by atoms with Crippen molar-refractivity contribution in [3.05, 3.63) is 72.8 Å². The molecule has 0 fully saturated rings. The molecule has 0 saturated carbocycles. The minimum absolute atomic E-state index is 0.780. The fourth-order valence-corrected chi connectivity index (χ4v) is 3.65. The van der Waals surface area contributed by atoms with E-state index in [1.54, 1.807) is 0 Å². The monoisotopic (exact) mass is 323 g/mol. The predicted molar refractivity (Wildman–Crippen MR) is 99.6 cm³/mol. The fourth-order valence-electron chi connectivity index (χ4n) is 3.65. The summed E-state index contributed by atoms with van der Waals surface area (Å²) >= 11 is 0. The first-order valence-corrected chi connectivity index (χ1v) is 8.22. The number of para-hydroxylation sites is 6. The van der Waals surface area contributed by atoms with Gasteiger partial charge < -0.3 is 0 Å². The lowest BCUT2D eigenvalue weighted by atomic mass is 10.2. The Labute approximate surface area is 141 Å². The summed E-state index contributed by atoms with van der Waals surface area (Å²) in [5.74, 6) is 1.56. The van der Waals surface area contributed by atoms with Gasteiger partial charge >= 0.3 is 0 Å². The Morgan fingerprint density at radius 1 is 0.520 bits per heavy atom. The lowest BCUT2D eigenvalue weighted by Crippen LogP contribution is -1.87.